The van der Waals surface area contributed by atoms with Crippen LogP contribution in [0.2, 0.25) is 0 Å². The number of rotatable bonds is 6. The third kappa shape index (κ3) is 4.78. The Morgan fingerprint density at radius 3 is 3.00 bits per heavy atom. The quantitative estimate of drug-likeness (QED) is 0.872. The molecule has 1 amide bonds. The van der Waals surface area contributed by atoms with Crippen LogP contribution in [-0.2, 0) is 11.3 Å². The van der Waals surface area contributed by atoms with Crippen molar-refractivity contribution >= 4 is 5.91 Å². The van der Waals surface area contributed by atoms with Crippen molar-refractivity contribution in [3.63, 3.8) is 0 Å². The third-order valence-corrected chi connectivity index (χ3v) is 4.22. The van der Waals surface area contributed by atoms with Crippen molar-refractivity contribution in [1.82, 2.24) is 9.80 Å². The Labute approximate surface area is 131 Å². The molecular formula is C17H25FN2O2. The van der Waals surface area contributed by atoms with Crippen molar-refractivity contribution < 1.29 is 14.3 Å². The van der Waals surface area contributed by atoms with Gasteiger partial charge in [0.2, 0.25) is 5.91 Å². The first-order valence-electron chi connectivity index (χ1n) is 7.97. The number of halogens is 1. The van der Waals surface area contributed by atoms with E-state index in [0.29, 0.717) is 19.6 Å². The van der Waals surface area contributed by atoms with Crippen LogP contribution in [0.3, 0.4) is 0 Å². The van der Waals surface area contributed by atoms with Gasteiger partial charge >= 0.3 is 0 Å². The fraction of sp³-hybridized carbons (Fsp3) is 0.588. The Hall–Kier alpha value is -1.46. The number of benzene rings is 1. The van der Waals surface area contributed by atoms with Gasteiger partial charge in [-0.05, 0) is 49.9 Å². The highest BCUT2D eigenvalue weighted by Crippen LogP contribution is 2.16. The first kappa shape index (κ1) is 16.9. The van der Waals surface area contributed by atoms with Crippen molar-refractivity contribution in [3.8, 4) is 0 Å². The van der Waals surface area contributed by atoms with E-state index in [4.69, 9.17) is 0 Å². The molecule has 0 spiro atoms. The molecule has 0 radical (unpaired) electrons. The molecule has 0 aliphatic carbocycles. The number of hydrogen-bond acceptors (Lipinski definition) is 3. The second kappa shape index (κ2) is 8.25. The zero-order valence-corrected chi connectivity index (χ0v) is 13.2. The molecule has 1 N–H and O–H groups in total. The maximum absolute atomic E-state index is 13.2. The number of likely N-dealkylation sites (tertiary alicyclic amines) is 1. The van der Waals surface area contributed by atoms with Crippen LogP contribution >= 0.6 is 0 Å². The summed E-state index contributed by atoms with van der Waals surface area (Å²) >= 11 is 0. The number of carbonyl (C=O) groups excluding carboxylic acids is 1. The van der Waals surface area contributed by atoms with E-state index in [1.165, 1.54) is 12.1 Å². The van der Waals surface area contributed by atoms with E-state index in [1.807, 2.05) is 13.0 Å². The monoisotopic (exact) mass is 308 g/mol. The van der Waals surface area contributed by atoms with E-state index in [0.717, 1.165) is 31.5 Å². The number of hydrogen-bond donors (Lipinski definition) is 1. The van der Waals surface area contributed by atoms with E-state index in [9.17, 15) is 14.3 Å². The van der Waals surface area contributed by atoms with E-state index in [1.54, 1.807) is 11.0 Å². The molecule has 0 saturated carbocycles. The van der Waals surface area contributed by atoms with Gasteiger partial charge in [-0.2, -0.15) is 0 Å². The SMILES string of the molecule is CCN(Cc1cccc(F)c1)C(=O)CN1CCCC(CO)C1. The van der Waals surface area contributed by atoms with Crippen LogP contribution < -0.4 is 0 Å². The number of aliphatic hydroxyl groups excluding tert-OH is 1. The number of carbonyl (C=O) groups is 1. The fourth-order valence-electron chi connectivity index (χ4n) is 2.97. The minimum Gasteiger partial charge on any atom is -0.396 e. The average Bonchev–Trinajstić information content (AvgIpc) is 2.52. The molecule has 1 unspecified atom stereocenters. The Morgan fingerprint density at radius 1 is 1.50 bits per heavy atom. The molecule has 122 valence electrons. The molecule has 1 fully saturated rings. The molecule has 0 bridgehead atoms. The van der Waals surface area contributed by atoms with Gasteiger partial charge in [-0.3, -0.25) is 9.69 Å². The molecule has 1 aliphatic heterocycles. The van der Waals surface area contributed by atoms with Gasteiger partial charge < -0.3 is 10.0 Å². The van der Waals surface area contributed by atoms with Crippen molar-refractivity contribution in [2.24, 2.45) is 5.92 Å². The van der Waals surface area contributed by atoms with Gasteiger partial charge in [0.25, 0.3) is 0 Å². The zero-order valence-electron chi connectivity index (χ0n) is 13.2. The summed E-state index contributed by atoms with van der Waals surface area (Å²) in [6.07, 6.45) is 2.05. The average molecular weight is 308 g/mol. The lowest BCUT2D eigenvalue weighted by Gasteiger charge is -2.33. The van der Waals surface area contributed by atoms with Crippen molar-refractivity contribution in [2.75, 3.05) is 32.8 Å². The van der Waals surface area contributed by atoms with Gasteiger partial charge in [-0.1, -0.05) is 12.1 Å². The summed E-state index contributed by atoms with van der Waals surface area (Å²) in [4.78, 5) is 16.3. The zero-order chi connectivity index (χ0) is 15.9. The van der Waals surface area contributed by atoms with Gasteiger partial charge in [0.05, 0.1) is 6.54 Å². The summed E-state index contributed by atoms with van der Waals surface area (Å²) in [7, 11) is 0. The van der Waals surface area contributed by atoms with Crippen molar-refractivity contribution in [1.29, 1.82) is 0 Å². The second-order valence-corrected chi connectivity index (χ2v) is 5.96. The van der Waals surface area contributed by atoms with Crippen LogP contribution in [-0.4, -0.2) is 53.6 Å². The summed E-state index contributed by atoms with van der Waals surface area (Å²) in [5, 5.41) is 9.26. The molecule has 2 rings (SSSR count). The highest BCUT2D eigenvalue weighted by Gasteiger charge is 2.22. The van der Waals surface area contributed by atoms with Crippen molar-refractivity contribution in [3.05, 3.63) is 35.6 Å². The predicted molar refractivity (Wildman–Crippen MR) is 83.7 cm³/mol. The highest BCUT2D eigenvalue weighted by atomic mass is 19.1. The van der Waals surface area contributed by atoms with Crippen molar-refractivity contribution in [2.45, 2.75) is 26.3 Å². The number of likely N-dealkylation sites (N-methyl/N-ethyl adjacent to an activating group) is 1. The topological polar surface area (TPSA) is 43.8 Å². The summed E-state index contributed by atoms with van der Waals surface area (Å²) in [6, 6.07) is 6.38. The van der Waals surface area contributed by atoms with Crippen LogP contribution in [0.4, 0.5) is 4.39 Å². The van der Waals surface area contributed by atoms with Gasteiger partial charge in [0.1, 0.15) is 5.82 Å². The Morgan fingerprint density at radius 2 is 2.32 bits per heavy atom. The summed E-state index contributed by atoms with van der Waals surface area (Å²) < 4.78 is 13.2. The van der Waals surface area contributed by atoms with Gasteiger partial charge in [-0.25, -0.2) is 4.39 Å². The molecule has 0 aromatic heterocycles. The molecular weight excluding hydrogens is 283 g/mol. The first-order valence-corrected chi connectivity index (χ1v) is 7.97. The number of aliphatic hydroxyl groups is 1. The highest BCUT2D eigenvalue weighted by molar-refractivity contribution is 5.78. The molecule has 5 heteroatoms. The molecule has 1 saturated heterocycles. The lowest BCUT2D eigenvalue weighted by Crippen LogP contribution is -2.44. The number of piperidine rings is 1. The summed E-state index contributed by atoms with van der Waals surface area (Å²) in [5.74, 6) is 0.0630. The second-order valence-electron chi connectivity index (χ2n) is 5.96. The molecule has 22 heavy (non-hydrogen) atoms. The fourth-order valence-corrected chi connectivity index (χ4v) is 2.97. The minimum absolute atomic E-state index is 0.0605. The van der Waals surface area contributed by atoms with E-state index >= 15 is 0 Å². The third-order valence-electron chi connectivity index (χ3n) is 4.22. The number of nitrogens with zero attached hydrogens (tertiary/aromatic N) is 2. The summed E-state index contributed by atoms with van der Waals surface area (Å²) in [6.45, 7) is 5.21. The maximum atomic E-state index is 13.2. The molecule has 4 nitrogen and oxygen atoms in total. The van der Waals surface area contributed by atoms with Gasteiger partial charge in [0.15, 0.2) is 0 Å². The molecule has 1 heterocycles. The molecule has 1 aromatic rings. The van der Waals surface area contributed by atoms with Crippen LogP contribution in [0.5, 0.6) is 0 Å². The molecule has 1 aromatic carbocycles. The van der Waals surface area contributed by atoms with Gasteiger partial charge in [-0.15, -0.1) is 0 Å². The summed E-state index contributed by atoms with van der Waals surface area (Å²) in [5.41, 5.74) is 0.807. The standard InChI is InChI=1S/C17H25FN2O2/c1-2-20(11-14-5-3-7-16(18)9-14)17(22)12-19-8-4-6-15(10-19)13-21/h3,5,7,9,15,21H,2,4,6,8,10-13H2,1H3. The Bertz CT molecular complexity index is 495. The van der Waals surface area contributed by atoms with E-state index in [2.05, 4.69) is 4.90 Å². The van der Waals surface area contributed by atoms with Crippen LogP contribution in [0, 0.1) is 11.7 Å². The Kier molecular flexibility index (Phi) is 6.34. The van der Waals surface area contributed by atoms with E-state index in [-0.39, 0.29) is 24.2 Å². The van der Waals surface area contributed by atoms with Crippen LogP contribution in [0.15, 0.2) is 24.3 Å². The van der Waals surface area contributed by atoms with Gasteiger partial charge in [0, 0.05) is 26.2 Å². The Balaban J connectivity index is 1.91. The van der Waals surface area contributed by atoms with E-state index < -0.39 is 0 Å². The smallest absolute Gasteiger partial charge is 0.237 e. The normalized spacial score (nSPS) is 19.1. The first-order chi connectivity index (χ1) is 10.6. The minimum atomic E-state index is -0.275. The maximum Gasteiger partial charge on any atom is 0.237 e. The molecule has 1 atom stereocenters. The largest absolute Gasteiger partial charge is 0.396 e. The lowest BCUT2D eigenvalue weighted by atomic mass is 9.99. The molecule has 1 aliphatic rings. The lowest BCUT2D eigenvalue weighted by molar-refractivity contribution is -0.133. The number of amides is 1. The van der Waals surface area contributed by atoms with Crippen LogP contribution in [0.25, 0.3) is 0 Å². The van der Waals surface area contributed by atoms with Crippen LogP contribution in [0.1, 0.15) is 25.3 Å². The predicted octanol–water partition coefficient (Wildman–Crippen LogP) is 1.88.